The predicted octanol–water partition coefficient (Wildman–Crippen LogP) is 3.26. The van der Waals surface area contributed by atoms with E-state index < -0.39 is 0 Å². The van der Waals surface area contributed by atoms with Gasteiger partial charge < -0.3 is 16.4 Å². The van der Waals surface area contributed by atoms with E-state index in [4.69, 9.17) is 5.73 Å². The van der Waals surface area contributed by atoms with Crippen LogP contribution in [0.1, 0.15) is 45.7 Å². The molecular weight excluding hydrogens is 238 g/mol. The van der Waals surface area contributed by atoms with Gasteiger partial charge in [0.1, 0.15) is 0 Å². The highest BCUT2D eigenvalue weighted by molar-refractivity contribution is 5.89. The van der Waals surface area contributed by atoms with Gasteiger partial charge in [-0.05, 0) is 43.9 Å². The zero-order chi connectivity index (χ0) is 14.4. The average Bonchev–Trinajstić information content (AvgIpc) is 2.27. The Kier molecular flexibility index (Phi) is 5.83. The number of anilines is 1. The van der Waals surface area contributed by atoms with Crippen molar-refractivity contribution in [3.8, 4) is 0 Å². The highest BCUT2D eigenvalue weighted by Crippen LogP contribution is 2.15. The Morgan fingerprint density at radius 2 is 1.95 bits per heavy atom. The maximum absolute atomic E-state index is 11.8. The summed E-state index contributed by atoms with van der Waals surface area (Å²) in [6.07, 6.45) is 0.966. The molecule has 1 aromatic carbocycles. The molecule has 0 radical (unpaired) electrons. The lowest BCUT2D eigenvalue weighted by Gasteiger charge is -2.17. The minimum absolute atomic E-state index is 0.0373. The summed E-state index contributed by atoms with van der Waals surface area (Å²) in [5.41, 5.74) is 7.60. The van der Waals surface area contributed by atoms with Crippen molar-refractivity contribution in [3.63, 3.8) is 0 Å². The van der Waals surface area contributed by atoms with E-state index in [9.17, 15) is 4.79 Å². The first kappa shape index (κ1) is 15.5. The van der Waals surface area contributed by atoms with Gasteiger partial charge >= 0.3 is 6.03 Å². The van der Waals surface area contributed by atoms with Crippen LogP contribution in [0.5, 0.6) is 0 Å². The van der Waals surface area contributed by atoms with Crippen molar-refractivity contribution < 1.29 is 4.79 Å². The number of nitrogens with two attached hydrogens (primary N) is 1. The second-order valence-electron chi connectivity index (χ2n) is 5.54. The van der Waals surface area contributed by atoms with Gasteiger partial charge in [0.2, 0.25) is 0 Å². The first-order valence-electron chi connectivity index (χ1n) is 6.81. The molecule has 0 heterocycles. The van der Waals surface area contributed by atoms with Crippen molar-refractivity contribution in [2.24, 2.45) is 11.7 Å². The van der Waals surface area contributed by atoms with Crippen molar-refractivity contribution in [2.45, 2.75) is 46.2 Å². The Hall–Kier alpha value is -1.55. The molecule has 0 bridgehead atoms. The lowest BCUT2D eigenvalue weighted by atomic mass is 10.1. The standard InChI is InChI=1S/C15H25N3O/c1-10(2)8-11(3)17-15(19)18-14-7-5-6-13(9-14)12(4)16/h5-7,9-12H,8,16H2,1-4H3,(H2,17,18,19). The monoisotopic (exact) mass is 263 g/mol. The molecule has 0 fully saturated rings. The summed E-state index contributed by atoms with van der Waals surface area (Å²) in [4.78, 5) is 11.8. The molecule has 0 saturated heterocycles. The van der Waals surface area contributed by atoms with E-state index in [0.29, 0.717) is 5.92 Å². The first-order chi connectivity index (χ1) is 8.88. The van der Waals surface area contributed by atoms with Crippen molar-refractivity contribution in [2.75, 3.05) is 5.32 Å². The first-order valence-corrected chi connectivity index (χ1v) is 6.81. The van der Waals surface area contributed by atoms with Gasteiger partial charge in [-0.25, -0.2) is 4.79 Å². The number of carbonyl (C=O) groups excluding carboxylic acids is 1. The molecule has 4 nitrogen and oxygen atoms in total. The minimum Gasteiger partial charge on any atom is -0.335 e. The number of carbonyl (C=O) groups is 1. The van der Waals surface area contributed by atoms with E-state index in [1.165, 1.54) is 0 Å². The van der Waals surface area contributed by atoms with Gasteiger partial charge in [0, 0.05) is 17.8 Å². The van der Waals surface area contributed by atoms with E-state index in [2.05, 4.69) is 24.5 Å². The van der Waals surface area contributed by atoms with Gasteiger partial charge in [0.15, 0.2) is 0 Å². The second kappa shape index (κ2) is 7.14. The van der Waals surface area contributed by atoms with Crippen molar-refractivity contribution in [1.82, 2.24) is 5.32 Å². The van der Waals surface area contributed by atoms with E-state index >= 15 is 0 Å². The summed E-state index contributed by atoms with van der Waals surface area (Å²) in [6.45, 7) is 8.21. The average molecular weight is 263 g/mol. The normalized spacial score (nSPS) is 14.0. The SMILES string of the molecule is CC(C)CC(C)NC(=O)Nc1cccc(C(C)N)c1. The fraction of sp³-hybridized carbons (Fsp3) is 0.533. The van der Waals surface area contributed by atoms with Crippen LogP contribution in [0.4, 0.5) is 10.5 Å². The lowest BCUT2D eigenvalue weighted by molar-refractivity contribution is 0.247. The molecule has 2 atom stereocenters. The summed E-state index contributed by atoms with van der Waals surface area (Å²) in [7, 11) is 0. The van der Waals surface area contributed by atoms with Crippen molar-refractivity contribution in [3.05, 3.63) is 29.8 Å². The smallest absolute Gasteiger partial charge is 0.319 e. The van der Waals surface area contributed by atoms with Gasteiger partial charge in [0.05, 0.1) is 0 Å². The maximum atomic E-state index is 11.8. The summed E-state index contributed by atoms with van der Waals surface area (Å²) in [5.74, 6) is 0.566. The van der Waals surface area contributed by atoms with Gasteiger partial charge in [-0.3, -0.25) is 0 Å². The fourth-order valence-electron chi connectivity index (χ4n) is 2.06. The Labute approximate surface area is 115 Å². The lowest BCUT2D eigenvalue weighted by Crippen LogP contribution is -2.36. The van der Waals surface area contributed by atoms with Gasteiger partial charge in [-0.15, -0.1) is 0 Å². The third-order valence-corrected chi connectivity index (χ3v) is 2.87. The third kappa shape index (κ3) is 5.75. The summed E-state index contributed by atoms with van der Waals surface area (Å²) < 4.78 is 0. The number of urea groups is 1. The van der Waals surface area contributed by atoms with Crippen LogP contribution in [0.15, 0.2) is 24.3 Å². The van der Waals surface area contributed by atoms with Gasteiger partial charge in [-0.1, -0.05) is 26.0 Å². The van der Waals surface area contributed by atoms with Crippen LogP contribution < -0.4 is 16.4 Å². The van der Waals surface area contributed by atoms with E-state index in [0.717, 1.165) is 17.7 Å². The molecular formula is C15H25N3O. The molecule has 4 heteroatoms. The number of benzene rings is 1. The van der Waals surface area contributed by atoms with Crippen LogP contribution in [-0.2, 0) is 0 Å². The predicted molar refractivity (Wildman–Crippen MR) is 80.1 cm³/mol. The molecule has 1 rings (SSSR count). The summed E-state index contributed by atoms with van der Waals surface area (Å²) >= 11 is 0. The highest BCUT2D eigenvalue weighted by atomic mass is 16.2. The molecule has 0 aliphatic carbocycles. The van der Waals surface area contributed by atoms with Crippen LogP contribution in [0, 0.1) is 5.92 Å². The number of hydrogen-bond donors (Lipinski definition) is 3. The molecule has 2 amide bonds. The molecule has 0 aliphatic rings. The molecule has 19 heavy (non-hydrogen) atoms. The number of hydrogen-bond acceptors (Lipinski definition) is 2. The largest absolute Gasteiger partial charge is 0.335 e. The molecule has 1 aromatic rings. The number of amides is 2. The molecule has 0 saturated carbocycles. The zero-order valence-corrected chi connectivity index (χ0v) is 12.2. The van der Waals surface area contributed by atoms with Crippen molar-refractivity contribution in [1.29, 1.82) is 0 Å². The van der Waals surface area contributed by atoms with E-state index in [-0.39, 0.29) is 18.1 Å². The molecule has 0 aromatic heterocycles. The Balaban J connectivity index is 2.54. The Bertz CT molecular complexity index is 416. The zero-order valence-electron chi connectivity index (χ0n) is 12.2. The Morgan fingerprint density at radius 1 is 1.26 bits per heavy atom. The molecule has 2 unspecified atom stereocenters. The molecule has 0 aliphatic heterocycles. The van der Waals surface area contributed by atoms with Gasteiger partial charge in [0.25, 0.3) is 0 Å². The molecule has 106 valence electrons. The molecule has 0 spiro atoms. The maximum Gasteiger partial charge on any atom is 0.319 e. The van der Waals surface area contributed by atoms with Crippen molar-refractivity contribution >= 4 is 11.7 Å². The summed E-state index contributed by atoms with van der Waals surface area (Å²) in [5, 5.41) is 5.76. The van der Waals surface area contributed by atoms with Gasteiger partial charge in [-0.2, -0.15) is 0 Å². The highest BCUT2D eigenvalue weighted by Gasteiger charge is 2.09. The van der Waals surface area contributed by atoms with Crippen LogP contribution >= 0.6 is 0 Å². The molecule has 4 N–H and O–H groups in total. The van der Waals surface area contributed by atoms with Crippen LogP contribution in [0.3, 0.4) is 0 Å². The van der Waals surface area contributed by atoms with Crippen LogP contribution in [0.25, 0.3) is 0 Å². The topological polar surface area (TPSA) is 67.2 Å². The Morgan fingerprint density at radius 3 is 2.53 bits per heavy atom. The van der Waals surface area contributed by atoms with Crippen LogP contribution in [-0.4, -0.2) is 12.1 Å². The minimum atomic E-state index is -0.171. The van der Waals surface area contributed by atoms with E-state index in [1.54, 1.807) is 0 Å². The second-order valence-corrected chi connectivity index (χ2v) is 5.54. The third-order valence-electron chi connectivity index (χ3n) is 2.87. The number of nitrogens with one attached hydrogen (secondary N) is 2. The number of rotatable bonds is 5. The quantitative estimate of drug-likeness (QED) is 0.763. The summed E-state index contributed by atoms with van der Waals surface area (Å²) in [6, 6.07) is 7.56. The van der Waals surface area contributed by atoms with E-state index in [1.807, 2.05) is 38.1 Å². The fourth-order valence-corrected chi connectivity index (χ4v) is 2.06. The van der Waals surface area contributed by atoms with Crippen LogP contribution in [0.2, 0.25) is 0 Å².